The van der Waals surface area contributed by atoms with Crippen LogP contribution in [0.3, 0.4) is 0 Å². The number of aromatic nitrogens is 2. The van der Waals surface area contributed by atoms with E-state index in [1.54, 1.807) is 11.3 Å². The molecule has 48 heavy (non-hydrogen) atoms. The molecule has 0 amide bonds. The van der Waals surface area contributed by atoms with E-state index in [2.05, 4.69) is 96.1 Å². The third-order valence-electron chi connectivity index (χ3n) is 8.86. The van der Waals surface area contributed by atoms with Crippen LogP contribution in [0.15, 0.2) is 54.6 Å². The first-order valence-electron chi connectivity index (χ1n) is 15.4. The molecule has 0 aliphatic carbocycles. The van der Waals surface area contributed by atoms with Crippen molar-refractivity contribution < 1.29 is 0 Å². The van der Waals surface area contributed by atoms with Gasteiger partial charge < -0.3 is 0 Å². The van der Waals surface area contributed by atoms with Crippen LogP contribution in [0, 0.1) is 41.5 Å². The van der Waals surface area contributed by atoms with Crippen LogP contribution in [-0.2, 0) is 0 Å². The summed E-state index contributed by atoms with van der Waals surface area (Å²) in [6.07, 6.45) is 0. The van der Waals surface area contributed by atoms with Gasteiger partial charge in [-0.2, -0.15) is 8.75 Å². The zero-order valence-electron chi connectivity index (χ0n) is 26.8. The fourth-order valence-corrected chi connectivity index (χ4v) is 14.2. The maximum absolute atomic E-state index is 7.16. The summed E-state index contributed by atoms with van der Waals surface area (Å²) in [5.41, 5.74) is 9.15. The lowest BCUT2D eigenvalue weighted by Crippen LogP contribution is -1.84. The number of thiophene rings is 6. The molecule has 0 saturated carbocycles. The normalized spacial score (nSPS) is 12.1. The van der Waals surface area contributed by atoms with Gasteiger partial charge in [-0.15, -0.1) is 68.0 Å². The summed E-state index contributed by atoms with van der Waals surface area (Å²) in [7, 11) is 0. The maximum Gasteiger partial charge on any atom is 0.115 e. The van der Waals surface area contributed by atoms with E-state index in [0.717, 1.165) is 32.1 Å². The summed E-state index contributed by atoms with van der Waals surface area (Å²) in [5.74, 6) is 0. The molecule has 238 valence electrons. The van der Waals surface area contributed by atoms with Crippen molar-refractivity contribution in [3.05, 3.63) is 90.3 Å². The molecule has 9 aromatic rings. The van der Waals surface area contributed by atoms with E-state index in [0.29, 0.717) is 0 Å². The van der Waals surface area contributed by atoms with Crippen molar-refractivity contribution in [2.45, 2.75) is 41.5 Å². The number of aryl methyl sites for hydroxylation is 6. The Bertz CT molecular complexity index is 2600. The van der Waals surface area contributed by atoms with Crippen LogP contribution in [0.5, 0.6) is 0 Å². The van der Waals surface area contributed by atoms with Gasteiger partial charge in [-0.05, 0) is 107 Å². The molecule has 0 atom stereocenters. The highest BCUT2D eigenvalue weighted by Crippen LogP contribution is 2.54. The van der Waals surface area contributed by atoms with E-state index < -0.39 is 0 Å². The number of halogens is 1. The van der Waals surface area contributed by atoms with Crippen molar-refractivity contribution in [1.29, 1.82) is 0 Å². The van der Waals surface area contributed by atoms with Gasteiger partial charge in [-0.3, -0.25) is 0 Å². The summed E-state index contributed by atoms with van der Waals surface area (Å²) < 4.78 is 12.3. The van der Waals surface area contributed by atoms with Gasteiger partial charge in [0.2, 0.25) is 0 Å². The summed E-state index contributed by atoms with van der Waals surface area (Å²) in [6, 6.07) is 20.6. The summed E-state index contributed by atoms with van der Waals surface area (Å²) in [5, 5.41) is 3.43. The zero-order chi connectivity index (χ0) is 33.0. The number of fused-ring (bicyclic) bond motifs is 3. The second-order valence-electron chi connectivity index (χ2n) is 12.2. The van der Waals surface area contributed by atoms with Crippen molar-refractivity contribution in [3.8, 4) is 51.5 Å². The van der Waals surface area contributed by atoms with Gasteiger partial charge in [-0.1, -0.05) is 11.6 Å². The molecule has 10 heteroatoms. The van der Waals surface area contributed by atoms with Crippen molar-refractivity contribution in [3.63, 3.8) is 0 Å². The predicted octanol–water partition coefficient (Wildman–Crippen LogP) is 15.2. The van der Waals surface area contributed by atoms with Gasteiger partial charge >= 0.3 is 0 Å². The quantitative estimate of drug-likeness (QED) is 0.174. The van der Waals surface area contributed by atoms with Gasteiger partial charge in [0.25, 0.3) is 0 Å². The molecule has 2 nitrogen and oxygen atoms in total. The van der Waals surface area contributed by atoms with Crippen LogP contribution in [0.25, 0.3) is 82.7 Å². The summed E-state index contributed by atoms with van der Waals surface area (Å²) in [4.78, 5) is 12.9. The smallest absolute Gasteiger partial charge is 0.115 e. The third kappa shape index (κ3) is 4.93. The topological polar surface area (TPSA) is 25.8 Å². The average Bonchev–Trinajstić information content (AvgIpc) is 3.88. The fourth-order valence-electron chi connectivity index (χ4n) is 6.52. The highest BCUT2D eigenvalue weighted by molar-refractivity contribution is 7.28. The van der Waals surface area contributed by atoms with Crippen LogP contribution in [0.2, 0.25) is 5.02 Å². The molecule has 0 bridgehead atoms. The van der Waals surface area contributed by atoms with E-state index in [-0.39, 0.29) is 0 Å². The van der Waals surface area contributed by atoms with Crippen molar-refractivity contribution >= 4 is 123 Å². The number of hydrogen-bond acceptors (Lipinski definition) is 9. The van der Waals surface area contributed by atoms with Crippen molar-refractivity contribution in [1.82, 2.24) is 8.75 Å². The minimum Gasteiger partial charge on any atom is -0.172 e. The molecule has 7 heterocycles. The van der Waals surface area contributed by atoms with Gasteiger partial charge in [0.15, 0.2) is 0 Å². The number of rotatable bonds is 5. The Morgan fingerprint density at radius 3 is 1.79 bits per heavy atom. The predicted molar refractivity (Wildman–Crippen MR) is 220 cm³/mol. The van der Waals surface area contributed by atoms with Crippen LogP contribution in [0.4, 0.5) is 0 Å². The Hall–Kier alpha value is -2.73. The Morgan fingerprint density at radius 2 is 1.15 bits per heavy atom. The van der Waals surface area contributed by atoms with Crippen LogP contribution >= 0.6 is 91.3 Å². The van der Waals surface area contributed by atoms with Gasteiger partial charge in [0.1, 0.15) is 11.0 Å². The standard InChI is InChI=1S/C38H27ClN2S7/c1-16-11-28(45-21(16)6)22-14-25(39)33(35-34(22)40-48-41-35)29-12-17(2)36(46-29)30-15-24-32(27-10-8-19(4)43-27)37-23(13-20(5)44-37)31(38(24)47-30)26-9-7-18(3)42-26/h7-15H,1-6H3. The highest BCUT2D eigenvalue weighted by Gasteiger charge is 2.25. The molecular formula is C38H27ClN2S7. The first kappa shape index (κ1) is 31.3. The van der Waals surface area contributed by atoms with E-state index in [1.165, 1.54) is 98.0 Å². The molecule has 0 spiro atoms. The summed E-state index contributed by atoms with van der Waals surface area (Å²) in [6.45, 7) is 13.2. The molecular weight excluding hydrogens is 744 g/mol. The molecule has 0 radical (unpaired) electrons. The lowest BCUT2D eigenvalue weighted by Gasteiger charge is -2.09. The minimum absolute atomic E-state index is 0.722. The molecule has 0 aliphatic heterocycles. The molecule has 0 saturated heterocycles. The molecule has 0 fully saturated rings. The highest BCUT2D eigenvalue weighted by atomic mass is 35.5. The van der Waals surface area contributed by atoms with E-state index in [1.807, 2.05) is 56.7 Å². The average molecular weight is 772 g/mol. The lowest BCUT2D eigenvalue weighted by atomic mass is 9.99. The SMILES string of the molecule is Cc1ccc(-c2c3cc(-c4sc(-c5c(Cl)cc(-c6cc(C)c(C)s6)c6nsnc56)cc4C)sc3c(-c3ccc(C)s3)c3cc(C)sc23)s1. The van der Waals surface area contributed by atoms with Crippen LogP contribution < -0.4 is 0 Å². The van der Waals surface area contributed by atoms with E-state index in [9.17, 15) is 0 Å². The number of benzene rings is 2. The Morgan fingerprint density at radius 1 is 0.500 bits per heavy atom. The molecule has 0 aliphatic rings. The Labute approximate surface area is 311 Å². The van der Waals surface area contributed by atoms with Gasteiger partial charge in [0, 0.05) is 91.2 Å². The van der Waals surface area contributed by atoms with E-state index >= 15 is 0 Å². The first-order chi connectivity index (χ1) is 23.1. The Kier molecular flexibility index (Phi) is 7.60. The molecule has 2 aromatic carbocycles. The molecule has 7 aromatic heterocycles. The summed E-state index contributed by atoms with van der Waals surface area (Å²) >= 11 is 19.7. The maximum atomic E-state index is 7.16. The fraction of sp³-hybridized carbons (Fsp3) is 0.158. The zero-order valence-corrected chi connectivity index (χ0v) is 33.3. The van der Waals surface area contributed by atoms with Crippen LogP contribution in [0.1, 0.15) is 30.6 Å². The van der Waals surface area contributed by atoms with E-state index in [4.69, 9.17) is 20.3 Å². The molecule has 9 rings (SSSR count). The second kappa shape index (κ2) is 11.7. The largest absolute Gasteiger partial charge is 0.172 e. The number of hydrogen-bond donors (Lipinski definition) is 0. The Balaban J connectivity index is 1.26. The van der Waals surface area contributed by atoms with Gasteiger partial charge in [-0.25, -0.2) is 0 Å². The number of nitrogens with zero attached hydrogens (tertiary/aromatic N) is 2. The van der Waals surface area contributed by atoms with Gasteiger partial charge in [0.05, 0.1) is 16.8 Å². The monoisotopic (exact) mass is 770 g/mol. The van der Waals surface area contributed by atoms with Crippen molar-refractivity contribution in [2.24, 2.45) is 0 Å². The first-order valence-corrected chi connectivity index (χ1v) is 21.4. The third-order valence-corrected chi connectivity index (χ3v) is 16.6. The van der Waals surface area contributed by atoms with Crippen LogP contribution in [-0.4, -0.2) is 8.75 Å². The van der Waals surface area contributed by atoms with Crippen molar-refractivity contribution in [2.75, 3.05) is 0 Å². The molecule has 0 unspecified atom stereocenters. The second-order valence-corrected chi connectivity index (χ2v) is 20.4. The molecule has 0 N–H and O–H groups in total. The lowest BCUT2D eigenvalue weighted by molar-refractivity contribution is 1.44. The minimum atomic E-state index is 0.722.